The molecule has 17 heavy (non-hydrogen) atoms. The third-order valence-electron chi connectivity index (χ3n) is 1.84. The van der Waals surface area contributed by atoms with Crippen molar-refractivity contribution in [2.45, 2.75) is 26.4 Å². The van der Waals surface area contributed by atoms with E-state index in [9.17, 15) is 4.79 Å². The highest BCUT2D eigenvalue weighted by Gasteiger charge is 2.13. The minimum atomic E-state index is -0.486. The first-order valence-corrected chi connectivity index (χ1v) is 5.68. The van der Waals surface area contributed by atoms with Gasteiger partial charge >= 0.3 is 5.97 Å². The van der Waals surface area contributed by atoms with Crippen molar-refractivity contribution >= 4 is 17.6 Å². The van der Waals surface area contributed by atoms with Gasteiger partial charge in [-0.25, -0.2) is 4.79 Å². The van der Waals surface area contributed by atoms with Crippen LogP contribution in [0.4, 0.5) is 0 Å². The number of carbonyl (C=O) groups excluding carboxylic acids is 1. The van der Waals surface area contributed by atoms with Crippen molar-refractivity contribution in [3.63, 3.8) is 0 Å². The summed E-state index contributed by atoms with van der Waals surface area (Å²) in [5.41, 5.74) is 0.0307. The highest BCUT2D eigenvalue weighted by Crippen LogP contribution is 2.14. The lowest BCUT2D eigenvalue weighted by atomic mass is 10.2. The standard InChI is InChI=1S/C12H16ClNO3/c1-12(2,3)17-7-6-16-11(15)9-8-14-5-4-10(9)13/h4-5,8H,6-7H2,1-3H3. The molecule has 0 saturated carbocycles. The monoisotopic (exact) mass is 257 g/mol. The smallest absolute Gasteiger partial charge is 0.341 e. The van der Waals surface area contributed by atoms with Crippen molar-refractivity contribution in [1.29, 1.82) is 0 Å². The molecule has 94 valence electrons. The molecule has 0 aromatic carbocycles. The lowest BCUT2D eigenvalue weighted by Gasteiger charge is -2.19. The van der Waals surface area contributed by atoms with Crippen molar-refractivity contribution in [2.24, 2.45) is 0 Å². The molecule has 0 spiro atoms. The summed E-state index contributed by atoms with van der Waals surface area (Å²) >= 11 is 5.83. The Labute approximate surface area is 106 Å². The topological polar surface area (TPSA) is 48.4 Å². The molecule has 0 fully saturated rings. The minimum absolute atomic E-state index is 0.196. The van der Waals surface area contributed by atoms with E-state index in [1.165, 1.54) is 12.4 Å². The van der Waals surface area contributed by atoms with Gasteiger partial charge in [0, 0.05) is 12.4 Å². The molecule has 0 atom stereocenters. The van der Waals surface area contributed by atoms with Gasteiger partial charge in [-0.2, -0.15) is 0 Å². The van der Waals surface area contributed by atoms with Crippen LogP contribution in [0.1, 0.15) is 31.1 Å². The highest BCUT2D eigenvalue weighted by atomic mass is 35.5. The number of halogens is 1. The van der Waals surface area contributed by atoms with Crippen LogP contribution in [0.5, 0.6) is 0 Å². The second-order valence-electron chi connectivity index (χ2n) is 4.45. The molecule has 0 aliphatic rings. The fourth-order valence-corrected chi connectivity index (χ4v) is 1.27. The van der Waals surface area contributed by atoms with Gasteiger partial charge in [0.2, 0.25) is 0 Å². The van der Waals surface area contributed by atoms with E-state index in [4.69, 9.17) is 21.1 Å². The van der Waals surface area contributed by atoms with Crippen molar-refractivity contribution < 1.29 is 14.3 Å². The van der Waals surface area contributed by atoms with Crippen molar-refractivity contribution in [2.75, 3.05) is 13.2 Å². The number of hydrogen-bond acceptors (Lipinski definition) is 4. The van der Waals surface area contributed by atoms with E-state index in [0.717, 1.165) is 0 Å². The zero-order valence-electron chi connectivity index (χ0n) is 10.2. The summed E-state index contributed by atoms with van der Waals surface area (Å²) in [6.45, 7) is 6.36. The van der Waals surface area contributed by atoms with Gasteiger partial charge in [0.25, 0.3) is 0 Å². The molecule has 1 rings (SSSR count). The maximum Gasteiger partial charge on any atom is 0.341 e. The summed E-state index contributed by atoms with van der Waals surface area (Å²) < 4.78 is 10.4. The Balaban J connectivity index is 2.39. The molecule has 0 aliphatic carbocycles. The molecule has 0 saturated heterocycles. The molecule has 0 amide bonds. The molecule has 1 aromatic heterocycles. The third kappa shape index (κ3) is 5.15. The summed E-state index contributed by atoms with van der Waals surface area (Å²) in [5, 5.41) is 0.335. The lowest BCUT2D eigenvalue weighted by Crippen LogP contribution is -2.22. The fourth-order valence-electron chi connectivity index (χ4n) is 1.09. The average Bonchev–Trinajstić information content (AvgIpc) is 2.23. The Kier molecular flexibility index (Phi) is 4.90. The van der Waals surface area contributed by atoms with Crippen molar-refractivity contribution in [3.05, 3.63) is 29.0 Å². The van der Waals surface area contributed by atoms with Crippen LogP contribution in [0.3, 0.4) is 0 Å². The van der Waals surface area contributed by atoms with E-state index in [0.29, 0.717) is 11.6 Å². The molecule has 0 radical (unpaired) electrons. The fraction of sp³-hybridized carbons (Fsp3) is 0.500. The van der Waals surface area contributed by atoms with Crippen LogP contribution in [0, 0.1) is 0 Å². The van der Waals surface area contributed by atoms with Crippen LogP contribution in [0.15, 0.2) is 18.5 Å². The molecule has 0 N–H and O–H groups in total. The van der Waals surface area contributed by atoms with Crippen LogP contribution < -0.4 is 0 Å². The van der Waals surface area contributed by atoms with E-state index in [-0.39, 0.29) is 17.8 Å². The Morgan fingerprint density at radius 1 is 1.41 bits per heavy atom. The maximum absolute atomic E-state index is 11.6. The number of ether oxygens (including phenoxy) is 2. The predicted molar refractivity (Wildman–Crippen MR) is 65.2 cm³/mol. The number of aromatic nitrogens is 1. The quantitative estimate of drug-likeness (QED) is 0.615. The van der Waals surface area contributed by atoms with E-state index in [2.05, 4.69) is 4.98 Å². The van der Waals surface area contributed by atoms with E-state index >= 15 is 0 Å². The Morgan fingerprint density at radius 2 is 2.12 bits per heavy atom. The van der Waals surface area contributed by atoms with Crippen LogP contribution in [-0.2, 0) is 9.47 Å². The van der Waals surface area contributed by atoms with Gasteiger partial charge in [-0.05, 0) is 26.8 Å². The largest absolute Gasteiger partial charge is 0.460 e. The van der Waals surface area contributed by atoms with Crippen LogP contribution in [0.25, 0.3) is 0 Å². The van der Waals surface area contributed by atoms with Crippen molar-refractivity contribution in [3.8, 4) is 0 Å². The van der Waals surface area contributed by atoms with Gasteiger partial charge in [0.05, 0.1) is 22.8 Å². The van der Waals surface area contributed by atoms with Crippen LogP contribution in [-0.4, -0.2) is 29.8 Å². The number of hydrogen-bond donors (Lipinski definition) is 0. The molecule has 0 aliphatic heterocycles. The minimum Gasteiger partial charge on any atom is -0.460 e. The zero-order chi connectivity index (χ0) is 12.9. The predicted octanol–water partition coefficient (Wildman–Crippen LogP) is 2.71. The first kappa shape index (κ1) is 13.9. The summed E-state index contributed by atoms with van der Waals surface area (Å²) in [4.78, 5) is 15.4. The SMILES string of the molecule is CC(C)(C)OCCOC(=O)c1cnccc1Cl. The van der Waals surface area contributed by atoms with Crippen LogP contribution >= 0.6 is 11.6 Å². The van der Waals surface area contributed by atoms with E-state index < -0.39 is 5.97 Å². The number of pyridine rings is 1. The lowest BCUT2D eigenvalue weighted by molar-refractivity contribution is -0.0281. The number of nitrogens with zero attached hydrogens (tertiary/aromatic N) is 1. The van der Waals surface area contributed by atoms with Gasteiger partial charge in [-0.15, -0.1) is 0 Å². The molecule has 1 heterocycles. The Hall–Kier alpha value is -1.13. The van der Waals surface area contributed by atoms with Gasteiger partial charge < -0.3 is 9.47 Å². The first-order valence-electron chi connectivity index (χ1n) is 5.31. The van der Waals surface area contributed by atoms with Gasteiger partial charge in [-0.3, -0.25) is 4.98 Å². The van der Waals surface area contributed by atoms with Crippen molar-refractivity contribution in [1.82, 2.24) is 4.98 Å². The Morgan fingerprint density at radius 3 is 2.71 bits per heavy atom. The average molecular weight is 258 g/mol. The van der Waals surface area contributed by atoms with E-state index in [1.807, 2.05) is 20.8 Å². The summed E-state index contributed by atoms with van der Waals surface area (Å²) in [6, 6.07) is 1.55. The molecular weight excluding hydrogens is 242 g/mol. The molecule has 0 bridgehead atoms. The first-order chi connectivity index (χ1) is 7.90. The molecular formula is C12H16ClNO3. The summed E-state index contributed by atoms with van der Waals surface area (Å²) in [6.07, 6.45) is 2.90. The highest BCUT2D eigenvalue weighted by molar-refractivity contribution is 6.33. The van der Waals surface area contributed by atoms with Gasteiger partial charge in [-0.1, -0.05) is 11.6 Å². The summed E-state index contributed by atoms with van der Waals surface area (Å²) in [5.74, 6) is -0.486. The van der Waals surface area contributed by atoms with Crippen LogP contribution in [0.2, 0.25) is 5.02 Å². The Bertz CT molecular complexity index is 388. The second-order valence-corrected chi connectivity index (χ2v) is 4.86. The number of rotatable bonds is 4. The number of esters is 1. The molecule has 4 nitrogen and oxygen atoms in total. The number of carbonyl (C=O) groups is 1. The second kappa shape index (κ2) is 5.98. The normalized spacial score (nSPS) is 11.3. The molecule has 0 unspecified atom stereocenters. The zero-order valence-corrected chi connectivity index (χ0v) is 11.0. The molecule has 1 aromatic rings. The van der Waals surface area contributed by atoms with Gasteiger partial charge in [0.15, 0.2) is 0 Å². The molecule has 5 heteroatoms. The maximum atomic E-state index is 11.6. The van der Waals surface area contributed by atoms with E-state index in [1.54, 1.807) is 6.07 Å². The van der Waals surface area contributed by atoms with Gasteiger partial charge in [0.1, 0.15) is 6.61 Å². The summed E-state index contributed by atoms with van der Waals surface area (Å²) in [7, 11) is 0. The third-order valence-corrected chi connectivity index (χ3v) is 2.17.